The van der Waals surface area contributed by atoms with Crippen LogP contribution in [0.15, 0.2) is 23.2 Å². The number of hydrogen-bond donors (Lipinski definition) is 2. The van der Waals surface area contributed by atoms with Crippen LogP contribution in [0.3, 0.4) is 0 Å². The van der Waals surface area contributed by atoms with Crippen LogP contribution in [-0.2, 0) is 10.0 Å². The van der Waals surface area contributed by atoms with Gasteiger partial charge in [-0.1, -0.05) is 0 Å². The molecule has 4 bridgehead atoms. The number of rotatable bonds is 3. The molecule has 1 aromatic heterocycles. The molecule has 5 rings (SSSR count). The Labute approximate surface area is 125 Å². The van der Waals surface area contributed by atoms with E-state index in [1.807, 2.05) is 0 Å². The molecule has 6 heteroatoms. The van der Waals surface area contributed by atoms with Crippen molar-refractivity contribution in [3.63, 3.8) is 0 Å². The van der Waals surface area contributed by atoms with Crippen molar-refractivity contribution in [1.29, 1.82) is 0 Å². The molecule has 1 aromatic rings. The van der Waals surface area contributed by atoms with Crippen molar-refractivity contribution < 1.29 is 8.42 Å². The molecule has 0 aliphatic heterocycles. The molecule has 3 N–H and O–H groups in total. The van der Waals surface area contributed by atoms with Crippen molar-refractivity contribution in [1.82, 2.24) is 9.71 Å². The van der Waals surface area contributed by atoms with E-state index in [1.165, 1.54) is 31.5 Å². The van der Waals surface area contributed by atoms with Gasteiger partial charge in [0.15, 0.2) is 0 Å². The Morgan fingerprint density at radius 2 is 1.71 bits per heavy atom. The molecule has 4 fully saturated rings. The predicted molar refractivity (Wildman–Crippen MR) is 79.9 cm³/mol. The SMILES string of the molecule is Nc1ncccc1S(=O)(=O)NC12CC3CC(CC(C3)C1)C2. The summed E-state index contributed by atoms with van der Waals surface area (Å²) >= 11 is 0. The van der Waals surface area contributed by atoms with E-state index in [2.05, 4.69) is 9.71 Å². The van der Waals surface area contributed by atoms with Crippen LogP contribution in [0.4, 0.5) is 5.82 Å². The topological polar surface area (TPSA) is 85.1 Å². The molecule has 0 radical (unpaired) electrons. The first kappa shape index (κ1) is 13.5. The minimum atomic E-state index is -3.59. The first-order valence-electron chi connectivity index (χ1n) is 7.70. The third-order valence-corrected chi connectivity index (χ3v) is 7.10. The molecule has 0 unspecified atom stereocenters. The number of nitrogen functional groups attached to an aromatic ring is 1. The highest BCUT2D eigenvalue weighted by molar-refractivity contribution is 7.89. The van der Waals surface area contributed by atoms with Crippen LogP contribution in [0.5, 0.6) is 0 Å². The van der Waals surface area contributed by atoms with Crippen molar-refractivity contribution in [2.24, 2.45) is 17.8 Å². The van der Waals surface area contributed by atoms with Gasteiger partial charge >= 0.3 is 0 Å². The zero-order chi connectivity index (χ0) is 14.7. The maximum absolute atomic E-state index is 12.7. The lowest BCUT2D eigenvalue weighted by atomic mass is 9.53. The lowest BCUT2D eigenvalue weighted by Gasteiger charge is -2.56. The highest BCUT2D eigenvalue weighted by atomic mass is 32.2. The number of sulfonamides is 1. The van der Waals surface area contributed by atoms with Crippen LogP contribution in [0, 0.1) is 17.8 Å². The molecule has 114 valence electrons. The fraction of sp³-hybridized carbons (Fsp3) is 0.667. The summed E-state index contributed by atoms with van der Waals surface area (Å²) in [7, 11) is -3.59. The Hall–Kier alpha value is -1.14. The highest BCUT2D eigenvalue weighted by Crippen LogP contribution is 2.55. The third-order valence-electron chi connectivity index (χ3n) is 5.48. The number of hydrogen-bond acceptors (Lipinski definition) is 4. The second-order valence-electron chi connectivity index (χ2n) is 7.19. The first-order chi connectivity index (χ1) is 9.96. The summed E-state index contributed by atoms with van der Waals surface area (Å²) in [4.78, 5) is 4.01. The molecule has 0 aromatic carbocycles. The van der Waals surface area contributed by atoms with Gasteiger partial charge in [0.1, 0.15) is 10.7 Å². The Balaban J connectivity index is 1.65. The first-order valence-corrected chi connectivity index (χ1v) is 9.19. The molecular formula is C15H21N3O2S. The molecule has 1 heterocycles. The average Bonchev–Trinajstić information content (AvgIpc) is 2.35. The smallest absolute Gasteiger partial charge is 0.244 e. The molecule has 21 heavy (non-hydrogen) atoms. The minimum absolute atomic E-state index is 0.0785. The lowest BCUT2D eigenvalue weighted by molar-refractivity contribution is -0.00809. The zero-order valence-corrected chi connectivity index (χ0v) is 12.8. The van der Waals surface area contributed by atoms with Crippen LogP contribution in [-0.4, -0.2) is 18.9 Å². The summed E-state index contributed by atoms with van der Waals surface area (Å²) in [5.41, 5.74) is 5.50. The molecular weight excluding hydrogens is 286 g/mol. The second-order valence-corrected chi connectivity index (χ2v) is 8.84. The third kappa shape index (κ3) is 2.25. The summed E-state index contributed by atoms with van der Waals surface area (Å²) in [5, 5.41) is 0. The van der Waals surface area contributed by atoms with Gasteiger partial charge in [-0.3, -0.25) is 0 Å². The largest absolute Gasteiger partial charge is 0.383 e. The van der Waals surface area contributed by atoms with Gasteiger partial charge in [0.05, 0.1) is 0 Å². The van der Waals surface area contributed by atoms with E-state index >= 15 is 0 Å². The Morgan fingerprint density at radius 1 is 1.14 bits per heavy atom. The molecule has 5 nitrogen and oxygen atoms in total. The predicted octanol–water partition coefficient (Wildman–Crippen LogP) is 1.91. The van der Waals surface area contributed by atoms with Gasteiger partial charge < -0.3 is 5.73 Å². The summed E-state index contributed by atoms with van der Waals surface area (Å²) < 4.78 is 28.4. The standard InChI is InChI=1S/C15H21N3O2S/c16-14-13(2-1-3-17-14)21(19,20)18-15-7-10-4-11(8-15)6-12(5-10)9-15/h1-3,10-12,18H,4-9H2,(H2,16,17). The van der Waals surface area contributed by atoms with Crippen molar-refractivity contribution in [2.45, 2.75) is 49.0 Å². The van der Waals surface area contributed by atoms with E-state index < -0.39 is 10.0 Å². The summed E-state index contributed by atoms with van der Waals surface area (Å²) in [5.74, 6) is 2.18. The Bertz CT molecular complexity index is 636. The maximum Gasteiger partial charge on any atom is 0.244 e. The van der Waals surface area contributed by atoms with Crippen LogP contribution < -0.4 is 10.5 Å². The van der Waals surface area contributed by atoms with E-state index in [0.29, 0.717) is 17.8 Å². The second kappa shape index (κ2) is 4.43. The van der Waals surface area contributed by atoms with Gasteiger partial charge in [-0.25, -0.2) is 18.1 Å². The van der Waals surface area contributed by atoms with Gasteiger partial charge in [-0.2, -0.15) is 0 Å². The molecule has 4 aliphatic carbocycles. The average molecular weight is 307 g/mol. The lowest BCUT2D eigenvalue weighted by Crippen LogP contribution is -2.59. The number of pyridine rings is 1. The van der Waals surface area contributed by atoms with Gasteiger partial charge in [-0.05, 0) is 68.4 Å². The number of nitrogens with two attached hydrogens (primary N) is 1. The summed E-state index contributed by atoms with van der Waals surface area (Å²) in [6, 6.07) is 3.15. The van der Waals surface area contributed by atoms with Crippen LogP contribution in [0.1, 0.15) is 38.5 Å². The van der Waals surface area contributed by atoms with Gasteiger partial charge in [0, 0.05) is 11.7 Å². The van der Waals surface area contributed by atoms with E-state index in [9.17, 15) is 8.42 Å². The fourth-order valence-electron chi connectivity index (χ4n) is 5.21. The zero-order valence-electron chi connectivity index (χ0n) is 12.0. The number of anilines is 1. The van der Waals surface area contributed by atoms with Gasteiger partial charge in [-0.15, -0.1) is 0 Å². The number of aromatic nitrogens is 1. The number of nitrogens with zero attached hydrogens (tertiary/aromatic N) is 1. The van der Waals surface area contributed by atoms with Crippen LogP contribution >= 0.6 is 0 Å². The van der Waals surface area contributed by atoms with Crippen LogP contribution in [0.2, 0.25) is 0 Å². The minimum Gasteiger partial charge on any atom is -0.383 e. The van der Waals surface area contributed by atoms with E-state index in [0.717, 1.165) is 19.3 Å². The Morgan fingerprint density at radius 3 is 2.24 bits per heavy atom. The summed E-state index contributed by atoms with van der Waals surface area (Å²) in [6.07, 6.45) is 8.33. The van der Waals surface area contributed by atoms with E-state index in [4.69, 9.17) is 5.73 Å². The fourth-order valence-corrected chi connectivity index (χ4v) is 6.72. The maximum atomic E-state index is 12.7. The highest BCUT2D eigenvalue weighted by Gasteiger charge is 2.52. The molecule has 4 aliphatic rings. The normalized spacial score (nSPS) is 37.8. The Kier molecular flexibility index (Phi) is 2.85. The molecule has 0 atom stereocenters. The van der Waals surface area contributed by atoms with Crippen molar-refractivity contribution in [3.8, 4) is 0 Å². The number of nitrogens with one attached hydrogen (secondary N) is 1. The van der Waals surface area contributed by atoms with Gasteiger partial charge in [0.2, 0.25) is 10.0 Å². The molecule has 0 amide bonds. The molecule has 0 saturated heterocycles. The molecule has 4 saturated carbocycles. The van der Waals surface area contributed by atoms with Crippen molar-refractivity contribution >= 4 is 15.8 Å². The van der Waals surface area contributed by atoms with Gasteiger partial charge in [0.25, 0.3) is 0 Å². The quantitative estimate of drug-likeness (QED) is 0.893. The van der Waals surface area contributed by atoms with Crippen molar-refractivity contribution in [3.05, 3.63) is 18.3 Å². The van der Waals surface area contributed by atoms with Crippen molar-refractivity contribution in [2.75, 3.05) is 5.73 Å². The molecule has 0 spiro atoms. The van der Waals surface area contributed by atoms with E-state index in [-0.39, 0.29) is 16.3 Å². The van der Waals surface area contributed by atoms with Crippen LogP contribution in [0.25, 0.3) is 0 Å². The summed E-state index contributed by atoms with van der Waals surface area (Å²) in [6.45, 7) is 0. The monoisotopic (exact) mass is 307 g/mol. The van der Waals surface area contributed by atoms with E-state index in [1.54, 1.807) is 6.07 Å².